The standard InChI is InChI=1S/C22H27NO6S/c1-21(2,3)16-4-6-17(7-5-16)29-18-8-10-19(11-9-18)30(26,27)22(20(24)23-25)12-14-28-15-13-22/h4-11,25H,12-15H2,1-3H3,(H,23,24). The summed E-state index contributed by atoms with van der Waals surface area (Å²) in [4.78, 5) is 12.3. The molecule has 0 bridgehead atoms. The number of hydrogen-bond acceptors (Lipinski definition) is 6. The Morgan fingerprint density at radius 2 is 1.50 bits per heavy atom. The first-order valence-corrected chi connectivity index (χ1v) is 11.2. The lowest BCUT2D eigenvalue weighted by Gasteiger charge is -2.34. The van der Waals surface area contributed by atoms with E-state index < -0.39 is 20.5 Å². The zero-order chi connectivity index (χ0) is 22.0. The summed E-state index contributed by atoms with van der Waals surface area (Å²) in [6.45, 7) is 6.63. The molecule has 1 aliphatic rings. The third kappa shape index (κ3) is 4.21. The lowest BCUT2D eigenvalue weighted by atomic mass is 9.87. The highest BCUT2D eigenvalue weighted by Crippen LogP contribution is 2.36. The molecule has 2 aromatic carbocycles. The second kappa shape index (κ2) is 8.37. The van der Waals surface area contributed by atoms with Gasteiger partial charge in [-0.1, -0.05) is 32.9 Å². The van der Waals surface area contributed by atoms with Crippen LogP contribution >= 0.6 is 0 Å². The average Bonchev–Trinajstić information content (AvgIpc) is 2.73. The Kier molecular flexibility index (Phi) is 6.21. The zero-order valence-electron chi connectivity index (χ0n) is 17.3. The molecule has 1 heterocycles. The zero-order valence-corrected chi connectivity index (χ0v) is 18.2. The molecule has 3 rings (SSSR count). The van der Waals surface area contributed by atoms with Crippen LogP contribution in [0.5, 0.6) is 11.5 Å². The second-order valence-electron chi connectivity index (χ2n) is 8.40. The highest BCUT2D eigenvalue weighted by atomic mass is 32.2. The summed E-state index contributed by atoms with van der Waals surface area (Å²) in [5.41, 5.74) is 2.73. The maximum Gasteiger partial charge on any atom is 0.265 e. The molecule has 2 aromatic rings. The first-order chi connectivity index (χ1) is 14.1. The van der Waals surface area contributed by atoms with E-state index in [0.717, 1.165) is 0 Å². The van der Waals surface area contributed by atoms with Gasteiger partial charge in [-0.15, -0.1) is 0 Å². The van der Waals surface area contributed by atoms with Crippen LogP contribution in [0.1, 0.15) is 39.2 Å². The predicted octanol–water partition coefficient (Wildman–Crippen LogP) is 3.60. The van der Waals surface area contributed by atoms with Gasteiger partial charge in [0.2, 0.25) is 0 Å². The Bertz CT molecular complexity index is 985. The van der Waals surface area contributed by atoms with E-state index in [4.69, 9.17) is 14.7 Å². The van der Waals surface area contributed by atoms with Crippen LogP contribution in [-0.2, 0) is 24.8 Å². The minimum Gasteiger partial charge on any atom is -0.457 e. The quantitative estimate of drug-likeness (QED) is 0.552. The van der Waals surface area contributed by atoms with E-state index in [1.165, 1.54) is 23.2 Å². The van der Waals surface area contributed by atoms with Crippen molar-refractivity contribution in [3.8, 4) is 11.5 Å². The smallest absolute Gasteiger partial charge is 0.265 e. The molecule has 0 radical (unpaired) electrons. The molecule has 1 aliphatic heterocycles. The van der Waals surface area contributed by atoms with Crippen LogP contribution in [0.2, 0.25) is 0 Å². The number of nitrogens with one attached hydrogen (secondary N) is 1. The van der Waals surface area contributed by atoms with E-state index in [0.29, 0.717) is 11.5 Å². The van der Waals surface area contributed by atoms with Crippen LogP contribution in [0.4, 0.5) is 0 Å². The van der Waals surface area contributed by atoms with E-state index >= 15 is 0 Å². The molecular formula is C22H27NO6S. The molecule has 1 amide bonds. The van der Waals surface area contributed by atoms with Gasteiger partial charge in [0.25, 0.3) is 5.91 Å². The number of benzene rings is 2. The molecule has 162 valence electrons. The number of amides is 1. The summed E-state index contributed by atoms with van der Waals surface area (Å²) in [5, 5.41) is 9.12. The first-order valence-electron chi connectivity index (χ1n) is 9.75. The Morgan fingerprint density at radius 3 is 1.97 bits per heavy atom. The maximum atomic E-state index is 13.2. The van der Waals surface area contributed by atoms with Crippen molar-refractivity contribution in [3.05, 3.63) is 54.1 Å². The number of hydroxylamine groups is 1. The van der Waals surface area contributed by atoms with Gasteiger partial charge in [-0.25, -0.2) is 13.9 Å². The summed E-state index contributed by atoms with van der Waals surface area (Å²) >= 11 is 0. The van der Waals surface area contributed by atoms with Gasteiger partial charge in [0.15, 0.2) is 14.6 Å². The van der Waals surface area contributed by atoms with Gasteiger partial charge in [-0.05, 0) is 60.2 Å². The van der Waals surface area contributed by atoms with Crippen molar-refractivity contribution in [2.24, 2.45) is 0 Å². The molecule has 0 aromatic heterocycles. The third-order valence-electron chi connectivity index (χ3n) is 5.42. The van der Waals surface area contributed by atoms with Crippen LogP contribution in [0.25, 0.3) is 0 Å². The Morgan fingerprint density at radius 1 is 1.00 bits per heavy atom. The van der Waals surface area contributed by atoms with Gasteiger partial charge < -0.3 is 9.47 Å². The molecule has 8 heteroatoms. The van der Waals surface area contributed by atoms with Crippen molar-refractivity contribution in [1.82, 2.24) is 5.48 Å². The maximum absolute atomic E-state index is 13.2. The third-order valence-corrected chi connectivity index (χ3v) is 7.94. The fourth-order valence-corrected chi connectivity index (χ4v) is 5.43. The molecule has 0 spiro atoms. The van der Waals surface area contributed by atoms with Crippen LogP contribution in [-0.4, -0.2) is 37.5 Å². The molecule has 0 aliphatic carbocycles. The van der Waals surface area contributed by atoms with Gasteiger partial charge in [-0.3, -0.25) is 10.0 Å². The van der Waals surface area contributed by atoms with Gasteiger partial charge in [0, 0.05) is 13.2 Å². The highest BCUT2D eigenvalue weighted by Gasteiger charge is 2.52. The van der Waals surface area contributed by atoms with Crippen LogP contribution in [0.15, 0.2) is 53.4 Å². The van der Waals surface area contributed by atoms with E-state index in [2.05, 4.69) is 20.8 Å². The number of sulfone groups is 1. The van der Waals surface area contributed by atoms with E-state index in [1.54, 1.807) is 12.1 Å². The normalized spacial score (nSPS) is 16.7. The minimum absolute atomic E-state index is 0.0107. The van der Waals surface area contributed by atoms with Crippen LogP contribution in [0, 0.1) is 0 Å². The minimum atomic E-state index is -4.05. The number of carbonyl (C=O) groups is 1. The summed E-state index contributed by atoms with van der Waals surface area (Å²) < 4.78 is 35.8. The predicted molar refractivity (Wildman–Crippen MR) is 112 cm³/mol. The van der Waals surface area contributed by atoms with Crippen LogP contribution < -0.4 is 10.2 Å². The molecular weight excluding hydrogens is 406 g/mol. The summed E-state index contributed by atoms with van der Waals surface area (Å²) in [6.07, 6.45) is -0.0553. The number of carbonyl (C=O) groups excluding carboxylic acids is 1. The summed E-state index contributed by atoms with van der Waals surface area (Å²) in [6, 6.07) is 13.7. The molecule has 30 heavy (non-hydrogen) atoms. The lowest BCUT2D eigenvalue weighted by molar-refractivity contribution is -0.134. The number of rotatable bonds is 5. The van der Waals surface area contributed by atoms with Gasteiger partial charge in [0.1, 0.15) is 11.5 Å². The van der Waals surface area contributed by atoms with Gasteiger partial charge in [0.05, 0.1) is 4.90 Å². The molecule has 0 unspecified atom stereocenters. The second-order valence-corrected chi connectivity index (χ2v) is 10.7. The molecule has 1 fully saturated rings. The van der Waals surface area contributed by atoms with E-state index in [1.807, 2.05) is 24.3 Å². The summed E-state index contributed by atoms with van der Waals surface area (Å²) in [7, 11) is -4.05. The largest absolute Gasteiger partial charge is 0.457 e. The van der Waals surface area contributed by atoms with Crippen LogP contribution in [0.3, 0.4) is 0 Å². The molecule has 7 nitrogen and oxygen atoms in total. The topological polar surface area (TPSA) is 102 Å². The van der Waals surface area contributed by atoms with Crippen molar-refractivity contribution >= 4 is 15.7 Å². The van der Waals surface area contributed by atoms with Crippen molar-refractivity contribution in [1.29, 1.82) is 0 Å². The SMILES string of the molecule is CC(C)(C)c1ccc(Oc2ccc(S(=O)(=O)C3(C(=O)NO)CCOCC3)cc2)cc1. The Labute approximate surface area is 176 Å². The first kappa shape index (κ1) is 22.3. The fourth-order valence-electron chi connectivity index (χ4n) is 3.49. The molecule has 0 saturated carbocycles. The molecule has 0 atom stereocenters. The lowest BCUT2D eigenvalue weighted by Crippen LogP contribution is -2.54. The Hall–Kier alpha value is -2.42. The molecule has 1 saturated heterocycles. The van der Waals surface area contributed by atoms with Crippen molar-refractivity contribution in [2.75, 3.05) is 13.2 Å². The fraction of sp³-hybridized carbons (Fsp3) is 0.409. The average molecular weight is 434 g/mol. The van der Waals surface area contributed by atoms with Gasteiger partial charge >= 0.3 is 0 Å². The van der Waals surface area contributed by atoms with Crippen molar-refractivity contribution in [2.45, 2.75) is 48.7 Å². The Balaban J connectivity index is 1.83. The summed E-state index contributed by atoms with van der Waals surface area (Å²) in [5.74, 6) is 0.175. The van der Waals surface area contributed by atoms with E-state index in [9.17, 15) is 13.2 Å². The highest BCUT2D eigenvalue weighted by molar-refractivity contribution is 7.93. The molecule has 2 N–H and O–H groups in total. The van der Waals surface area contributed by atoms with Crippen molar-refractivity contribution in [3.63, 3.8) is 0 Å². The van der Waals surface area contributed by atoms with E-state index in [-0.39, 0.29) is 36.4 Å². The number of ether oxygens (including phenoxy) is 2. The van der Waals surface area contributed by atoms with Gasteiger partial charge in [-0.2, -0.15) is 0 Å². The monoisotopic (exact) mass is 433 g/mol. The number of hydrogen-bond donors (Lipinski definition) is 2. The van der Waals surface area contributed by atoms with Crippen molar-refractivity contribution < 1.29 is 27.9 Å².